The minimum absolute atomic E-state index is 0.00252. The fourth-order valence-electron chi connectivity index (χ4n) is 3.49. The number of H-pyrrole nitrogens is 1. The number of amides is 4. The number of carbonyl (C=O) groups excluding carboxylic acids is 3. The second-order valence-electron chi connectivity index (χ2n) is 6.18. The number of aromatic amines is 1. The number of nitrogen functional groups attached to an aromatic ring is 1. The van der Waals surface area contributed by atoms with E-state index in [0.717, 1.165) is 0 Å². The third kappa shape index (κ3) is 3.41. The molecular formula is C14H21N7O3S. The van der Waals surface area contributed by atoms with Gasteiger partial charge in [0.2, 0.25) is 17.0 Å². The molecule has 10 nitrogen and oxygen atoms in total. The molecule has 5 N–H and O–H groups in total. The largest absolute Gasteiger partial charge is 0.368 e. The van der Waals surface area contributed by atoms with E-state index in [1.54, 1.807) is 4.90 Å². The van der Waals surface area contributed by atoms with Gasteiger partial charge in [0.25, 0.3) is 5.91 Å². The average Bonchev–Trinajstić information content (AvgIpc) is 3.15. The van der Waals surface area contributed by atoms with Gasteiger partial charge in [-0.1, -0.05) is 18.7 Å². The van der Waals surface area contributed by atoms with Gasteiger partial charge in [-0.2, -0.15) is 4.98 Å². The van der Waals surface area contributed by atoms with Crippen LogP contribution in [0.3, 0.4) is 0 Å². The van der Waals surface area contributed by atoms with E-state index in [2.05, 4.69) is 25.8 Å². The van der Waals surface area contributed by atoms with Crippen LogP contribution in [0.2, 0.25) is 0 Å². The Kier molecular flexibility index (Phi) is 4.84. The molecule has 0 bridgehead atoms. The number of anilines is 1. The topological polar surface area (TPSA) is 146 Å². The Morgan fingerprint density at radius 2 is 2.12 bits per heavy atom. The van der Waals surface area contributed by atoms with E-state index in [1.807, 2.05) is 6.92 Å². The molecular weight excluding hydrogens is 346 g/mol. The molecule has 0 radical (unpaired) electrons. The molecule has 136 valence electrons. The summed E-state index contributed by atoms with van der Waals surface area (Å²) in [5.41, 5.74) is 4.60. The van der Waals surface area contributed by atoms with Crippen LogP contribution in [0.4, 0.5) is 10.7 Å². The highest BCUT2D eigenvalue weighted by atomic mass is 32.2. The monoisotopic (exact) mass is 367 g/mol. The molecule has 3 rings (SSSR count). The summed E-state index contributed by atoms with van der Waals surface area (Å²) in [6.45, 7) is 3.01. The predicted octanol–water partition coefficient (Wildman–Crippen LogP) is -0.294. The first-order chi connectivity index (χ1) is 11.9. The minimum atomic E-state index is -0.850. The lowest BCUT2D eigenvalue weighted by Gasteiger charge is -2.40. The van der Waals surface area contributed by atoms with Crippen molar-refractivity contribution in [1.29, 1.82) is 0 Å². The molecule has 2 aliphatic rings. The lowest BCUT2D eigenvalue weighted by Crippen LogP contribution is -2.56. The molecule has 11 heteroatoms. The van der Waals surface area contributed by atoms with E-state index in [-0.39, 0.29) is 29.4 Å². The number of carbonyl (C=O) groups is 3. The van der Waals surface area contributed by atoms with Crippen LogP contribution in [0.5, 0.6) is 0 Å². The number of urea groups is 1. The van der Waals surface area contributed by atoms with Gasteiger partial charge in [-0.3, -0.25) is 14.9 Å². The van der Waals surface area contributed by atoms with Crippen molar-refractivity contribution in [2.75, 3.05) is 24.6 Å². The van der Waals surface area contributed by atoms with Crippen molar-refractivity contribution in [3.63, 3.8) is 0 Å². The smallest absolute Gasteiger partial charge is 0.322 e. The lowest BCUT2D eigenvalue weighted by molar-refractivity contribution is -0.131. The van der Waals surface area contributed by atoms with Gasteiger partial charge in [0, 0.05) is 13.1 Å². The number of nitrogens with two attached hydrogens (primary N) is 1. The van der Waals surface area contributed by atoms with Gasteiger partial charge in [0.05, 0.1) is 5.75 Å². The van der Waals surface area contributed by atoms with Gasteiger partial charge in [-0.05, 0) is 25.2 Å². The third-order valence-corrected chi connectivity index (χ3v) is 5.71. The Morgan fingerprint density at radius 3 is 2.64 bits per heavy atom. The molecule has 25 heavy (non-hydrogen) atoms. The first-order valence-electron chi connectivity index (χ1n) is 8.16. The molecule has 0 aliphatic carbocycles. The molecule has 2 saturated heterocycles. The molecule has 1 aromatic heterocycles. The number of thioether (sulfide) groups is 1. The van der Waals surface area contributed by atoms with Crippen LogP contribution in [-0.2, 0) is 9.59 Å². The van der Waals surface area contributed by atoms with Crippen LogP contribution >= 0.6 is 11.8 Å². The van der Waals surface area contributed by atoms with E-state index < -0.39 is 11.6 Å². The zero-order chi connectivity index (χ0) is 18.0. The van der Waals surface area contributed by atoms with Crippen LogP contribution in [0, 0.1) is 5.92 Å². The quantitative estimate of drug-likeness (QED) is 0.413. The molecule has 0 spiro atoms. The number of aromatic nitrogens is 3. The lowest BCUT2D eigenvalue weighted by atomic mass is 9.76. The van der Waals surface area contributed by atoms with E-state index >= 15 is 0 Å². The summed E-state index contributed by atoms with van der Waals surface area (Å²) < 4.78 is 0. The highest BCUT2D eigenvalue weighted by Crippen LogP contribution is 2.33. The molecule has 2 fully saturated rings. The van der Waals surface area contributed by atoms with Gasteiger partial charge in [-0.15, -0.1) is 5.10 Å². The Morgan fingerprint density at radius 1 is 1.40 bits per heavy atom. The van der Waals surface area contributed by atoms with Gasteiger partial charge >= 0.3 is 6.03 Å². The second-order valence-corrected chi connectivity index (χ2v) is 7.12. The first-order valence-corrected chi connectivity index (χ1v) is 9.15. The predicted molar refractivity (Wildman–Crippen MR) is 90.5 cm³/mol. The normalized spacial score (nSPS) is 24.3. The van der Waals surface area contributed by atoms with Crippen molar-refractivity contribution in [3.05, 3.63) is 0 Å². The Labute approximate surface area is 148 Å². The standard InChI is InChI=1S/C14H21N7O3S/c1-2-14(10(23)16-12(24)18-14)8-3-5-21(6-4-8)9(22)7-25-13-17-11(15)19-20-13/h8H,2-7H2,1H3,(H3,15,17,19,20)(H2,16,18,23,24)/t14-/m1/s1. The van der Waals surface area contributed by atoms with Crippen LogP contribution < -0.4 is 16.4 Å². The summed E-state index contributed by atoms with van der Waals surface area (Å²) >= 11 is 1.23. The Balaban J connectivity index is 1.53. The van der Waals surface area contributed by atoms with Gasteiger partial charge in [0.1, 0.15) is 5.54 Å². The van der Waals surface area contributed by atoms with E-state index in [9.17, 15) is 14.4 Å². The van der Waals surface area contributed by atoms with Crippen molar-refractivity contribution in [3.8, 4) is 0 Å². The highest BCUT2D eigenvalue weighted by molar-refractivity contribution is 7.99. The van der Waals surface area contributed by atoms with Crippen molar-refractivity contribution in [1.82, 2.24) is 30.7 Å². The highest BCUT2D eigenvalue weighted by Gasteiger charge is 2.51. The van der Waals surface area contributed by atoms with Crippen molar-refractivity contribution in [2.45, 2.75) is 36.9 Å². The summed E-state index contributed by atoms with van der Waals surface area (Å²) in [4.78, 5) is 41.8. The molecule has 4 amide bonds. The van der Waals surface area contributed by atoms with Gasteiger partial charge in [0.15, 0.2) is 0 Å². The Hall–Kier alpha value is -2.30. The van der Waals surface area contributed by atoms with E-state index in [1.165, 1.54) is 11.8 Å². The van der Waals surface area contributed by atoms with Crippen molar-refractivity contribution < 1.29 is 14.4 Å². The molecule has 0 unspecified atom stereocenters. The Bertz CT molecular complexity index is 686. The number of nitrogens with zero attached hydrogens (tertiary/aromatic N) is 3. The van der Waals surface area contributed by atoms with Gasteiger partial charge < -0.3 is 16.0 Å². The third-order valence-electron chi connectivity index (χ3n) is 4.88. The first kappa shape index (κ1) is 17.5. The summed E-state index contributed by atoms with van der Waals surface area (Å²) in [6, 6.07) is -0.437. The van der Waals surface area contributed by atoms with Crippen LogP contribution in [0.25, 0.3) is 0 Å². The number of piperidine rings is 1. The number of likely N-dealkylation sites (tertiary alicyclic amines) is 1. The van der Waals surface area contributed by atoms with E-state index in [4.69, 9.17) is 5.73 Å². The number of hydrogen-bond donors (Lipinski definition) is 4. The summed E-state index contributed by atoms with van der Waals surface area (Å²) in [7, 11) is 0. The fourth-order valence-corrected chi connectivity index (χ4v) is 4.20. The zero-order valence-corrected chi connectivity index (χ0v) is 14.7. The maximum atomic E-state index is 12.3. The number of rotatable bonds is 5. The molecule has 0 aromatic carbocycles. The summed E-state index contributed by atoms with van der Waals surface area (Å²) in [5.74, 6) is 0.212. The molecule has 1 atom stereocenters. The molecule has 2 aliphatic heterocycles. The minimum Gasteiger partial charge on any atom is -0.368 e. The molecule has 0 saturated carbocycles. The van der Waals surface area contributed by atoms with Crippen molar-refractivity contribution in [2.24, 2.45) is 5.92 Å². The maximum absolute atomic E-state index is 12.3. The summed E-state index contributed by atoms with van der Waals surface area (Å²) in [5, 5.41) is 12.0. The average molecular weight is 367 g/mol. The molecule has 3 heterocycles. The molecule has 1 aromatic rings. The number of nitrogens with one attached hydrogen (secondary N) is 3. The summed E-state index contributed by atoms with van der Waals surface area (Å²) in [6.07, 6.45) is 1.88. The van der Waals surface area contributed by atoms with Crippen molar-refractivity contribution >= 4 is 35.6 Å². The number of imide groups is 1. The maximum Gasteiger partial charge on any atom is 0.322 e. The van der Waals surface area contributed by atoms with E-state index in [0.29, 0.717) is 37.5 Å². The van der Waals surface area contributed by atoms with Gasteiger partial charge in [-0.25, -0.2) is 9.89 Å². The second kappa shape index (κ2) is 6.90. The number of hydrogen-bond acceptors (Lipinski definition) is 7. The van der Waals surface area contributed by atoms with Crippen LogP contribution in [-0.4, -0.2) is 62.3 Å². The van der Waals surface area contributed by atoms with Crippen LogP contribution in [0.15, 0.2) is 5.16 Å². The fraction of sp³-hybridized carbons (Fsp3) is 0.643. The zero-order valence-electron chi connectivity index (χ0n) is 13.9. The SMILES string of the molecule is CC[C@]1(C2CCN(C(=O)CSc3n[nH]c(N)n3)CC2)NC(=O)NC1=O. The van der Waals surface area contributed by atoms with Crippen LogP contribution in [0.1, 0.15) is 26.2 Å².